The fourth-order valence-corrected chi connectivity index (χ4v) is 2.55. The molecule has 0 amide bonds. The summed E-state index contributed by atoms with van der Waals surface area (Å²) in [7, 11) is 0. The van der Waals surface area contributed by atoms with E-state index < -0.39 is 0 Å². The van der Waals surface area contributed by atoms with Gasteiger partial charge < -0.3 is 5.73 Å². The molecule has 0 unspecified atom stereocenters. The van der Waals surface area contributed by atoms with Crippen LogP contribution in [0.3, 0.4) is 0 Å². The van der Waals surface area contributed by atoms with E-state index in [1.807, 2.05) is 28.9 Å². The van der Waals surface area contributed by atoms with Crippen LogP contribution in [0.2, 0.25) is 0 Å². The first-order valence-corrected chi connectivity index (χ1v) is 6.83. The minimum absolute atomic E-state index is 0.716. The molecule has 1 saturated heterocycles. The van der Waals surface area contributed by atoms with Gasteiger partial charge in [-0.2, -0.15) is 0 Å². The van der Waals surface area contributed by atoms with Gasteiger partial charge in [0.25, 0.3) is 0 Å². The van der Waals surface area contributed by atoms with Crippen LogP contribution in [0, 0.1) is 0 Å². The highest BCUT2D eigenvalue weighted by Crippen LogP contribution is 2.18. The molecule has 4 heteroatoms. The second kappa shape index (κ2) is 5.26. The maximum Gasteiger partial charge on any atom is 0.304 e. The average molecular weight is 255 g/mol. The molecule has 3 rings (SSSR count). The summed E-state index contributed by atoms with van der Waals surface area (Å²) in [4.78, 5) is 2.37. The van der Waals surface area contributed by atoms with Crippen LogP contribution >= 0.6 is 0 Å². The van der Waals surface area contributed by atoms with Gasteiger partial charge in [-0.1, -0.05) is 28.0 Å². The molecule has 1 aromatic heterocycles. The topological polar surface area (TPSA) is 46.0 Å². The molecule has 0 radical (unpaired) electrons. The van der Waals surface area contributed by atoms with Crippen molar-refractivity contribution in [1.82, 2.24) is 5.10 Å². The Morgan fingerprint density at radius 1 is 1.05 bits per heavy atom. The van der Waals surface area contributed by atoms with Gasteiger partial charge in [-0.25, -0.2) is 0 Å². The number of hydrogen-bond acceptors (Lipinski definition) is 3. The first-order valence-electron chi connectivity index (χ1n) is 6.83. The van der Waals surface area contributed by atoms with Crippen molar-refractivity contribution in [3.8, 4) is 5.69 Å². The first kappa shape index (κ1) is 12.0. The molecule has 98 valence electrons. The summed E-state index contributed by atoms with van der Waals surface area (Å²) in [5, 5.41) is 4.47. The molecule has 0 atom stereocenters. The van der Waals surface area contributed by atoms with Gasteiger partial charge in [0, 0.05) is 0 Å². The summed E-state index contributed by atoms with van der Waals surface area (Å²) in [6, 6.07) is 12.2. The highest BCUT2D eigenvalue weighted by atomic mass is 15.4. The number of rotatable bonds is 2. The third-order valence-corrected chi connectivity index (χ3v) is 3.52. The van der Waals surface area contributed by atoms with Gasteiger partial charge in [-0.3, -0.25) is 4.90 Å². The van der Waals surface area contributed by atoms with E-state index >= 15 is 0 Å². The zero-order chi connectivity index (χ0) is 13.1. The highest BCUT2D eigenvalue weighted by Gasteiger charge is 2.24. The molecule has 0 bridgehead atoms. The first-order chi connectivity index (χ1) is 9.34. The van der Waals surface area contributed by atoms with Crippen molar-refractivity contribution in [2.45, 2.75) is 19.3 Å². The van der Waals surface area contributed by atoms with Gasteiger partial charge >= 0.3 is 5.82 Å². The van der Waals surface area contributed by atoms with Gasteiger partial charge in [0.1, 0.15) is 0 Å². The molecule has 0 spiro atoms. The summed E-state index contributed by atoms with van der Waals surface area (Å²) in [6.07, 6.45) is 5.51. The number of benzene rings is 1. The van der Waals surface area contributed by atoms with Crippen molar-refractivity contribution in [1.29, 1.82) is 0 Å². The predicted molar refractivity (Wildman–Crippen MR) is 76.2 cm³/mol. The summed E-state index contributed by atoms with van der Waals surface area (Å²) < 4.78 is 1.97. The van der Waals surface area contributed by atoms with Gasteiger partial charge in [0.2, 0.25) is 0 Å². The number of anilines is 2. The molecule has 1 fully saturated rings. The van der Waals surface area contributed by atoms with Crippen molar-refractivity contribution >= 4 is 11.5 Å². The van der Waals surface area contributed by atoms with Gasteiger partial charge in [-0.05, 0) is 31.4 Å². The van der Waals surface area contributed by atoms with Crippen molar-refractivity contribution < 1.29 is 4.68 Å². The molecule has 1 aliphatic rings. The molecule has 1 aromatic carbocycles. The summed E-state index contributed by atoms with van der Waals surface area (Å²) in [5.74, 6) is 1.09. The molecule has 0 aliphatic carbocycles. The molecule has 4 nitrogen and oxygen atoms in total. The van der Waals surface area contributed by atoms with Crippen molar-refractivity contribution in [2.75, 3.05) is 23.7 Å². The number of piperidine rings is 1. The van der Waals surface area contributed by atoms with E-state index in [1.54, 1.807) is 6.20 Å². The molecule has 1 aliphatic heterocycles. The number of nitrogens with two attached hydrogens (primary N) is 1. The Hall–Kier alpha value is -2.10. The lowest BCUT2D eigenvalue weighted by Gasteiger charge is -2.22. The SMILES string of the molecule is Nc1cn[n+](-c2ccccc2)c(N2CCCCC2)c1. The van der Waals surface area contributed by atoms with Gasteiger partial charge in [0.05, 0.1) is 31.0 Å². The number of nitrogens with zero attached hydrogens (tertiary/aromatic N) is 3. The van der Waals surface area contributed by atoms with Crippen molar-refractivity contribution in [2.24, 2.45) is 0 Å². The second-order valence-electron chi connectivity index (χ2n) is 4.94. The normalized spacial score (nSPS) is 15.5. The molecular formula is C15H19N4+. The van der Waals surface area contributed by atoms with E-state index in [0.29, 0.717) is 5.69 Å². The Morgan fingerprint density at radius 2 is 1.79 bits per heavy atom. The smallest absolute Gasteiger partial charge is 0.304 e. The van der Waals surface area contributed by atoms with E-state index in [1.165, 1.54) is 19.3 Å². The number of aromatic nitrogens is 2. The zero-order valence-electron chi connectivity index (χ0n) is 11.0. The van der Waals surface area contributed by atoms with Crippen LogP contribution in [0.25, 0.3) is 5.69 Å². The number of nitrogen functional groups attached to an aromatic ring is 1. The molecule has 2 heterocycles. The minimum atomic E-state index is 0.716. The summed E-state index contributed by atoms with van der Waals surface area (Å²) in [6.45, 7) is 2.16. The van der Waals surface area contributed by atoms with Crippen molar-refractivity contribution in [3.63, 3.8) is 0 Å². The lowest BCUT2D eigenvalue weighted by molar-refractivity contribution is -0.647. The van der Waals surface area contributed by atoms with Crippen LogP contribution in [0.15, 0.2) is 42.6 Å². The minimum Gasteiger partial charge on any atom is -0.397 e. The number of para-hydroxylation sites is 1. The van der Waals surface area contributed by atoms with E-state index in [2.05, 4.69) is 22.1 Å². The summed E-state index contributed by atoms with van der Waals surface area (Å²) in [5.41, 5.74) is 7.70. The number of hydrogen-bond donors (Lipinski definition) is 1. The fourth-order valence-electron chi connectivity index (χ4n) is 2.55. The van der Waals surface area contributed by atoms with E-state index in [4.69, 9.17) is 5.73 Å². The van der Waals surface area contributed by atoms with Crippen LogP contribution in [0.4, 0.5) is 11.5 Å². The Morgan fingerprint density at radius 3 is 2.53 bits per heavy atom. The maximum absolute atomic E-state index is 5.91. The third kappa shape index (κ3) is 2.52. The molecule has 2 N–H and O–H groups in total. The lowest BCUT2D eigenvalue weighted by Crippen LogP contribution is -2.45. The predicted octanol–water partition coefficient (Wildman–Crippen LogP) is 1.93. The average Bonchev–Trinajstić information content (AvgIpc) is 2.49. The maximum atomic E-state index is 5.91. The molecule has 0 saturated carbocycles. The lowest BCUT2D eigenvalue weighted by atomic mass is 10.1. The van der Waals surface area contributed by atoms with Crippen LogP contribution in [0.1, 0.15) is 19.3 Å². The van der Waals surface area contributed by atoms with E-state index in [9.17, 15) is 0 Å². The standard InChI is InChI=1S/C15H18N4/c16-13-11-15(18-9-5-2-6-10-18)19(17-12-13)14-7-3-1-4-8-14/h1,3-4,7-8,11-12,16H,2,5-6,9-10H2/p+1. The Bertz CT molecular complexity index is 547. The summed E-state index contributed by atoms with van der Waals surface area (Å²) >= 11 is 0. The fraction of sp³-hybridized carbons (Fsp3) is 0.333. The molecule has 19 heavy (non-hydrogen) atoms. The van der Waals surface area contributed by atoms with Crippen LogP contribution < -0.4 is 15.3 Å². The Labute approximate surface area is 113 Å². The van der Waals surface area contributed by atoms with Gasteiger partial charge in [-0.15, -0.1) is 0 Å². The van der Waals surface area contributed by atoms with E-state index in [0.717, 1.165) is 24.6 Å². The monoisotopic (exact) mass is 255 g/mol. The van der Waals surface area contributed by atoms with E-state index in [-0.39, 0.29) is 0 Å². The Balaban J connectivity index is 2.04. The van der Waals surface area contributed by atoms with Crippen LogP contribution in [-0.4, -0.2) is 18.2 Å². The zero-order valence-corrected chi connectivity index (χ0v) is 11.0. The van der Waals surface area contributed by atoms with Crippen LogP contribution in [0.5, 0.6) is 0 Å². The van der Waals surface area contributed by atoms with Gasteiger partial charge in [0.15, 0.2) is 5.69 Å². The highest BCUT2D eigenvalue weighted by molar-refractivity contribution is 5.46. The molecular weight excluding hydrogens is 236 g/mol. The Kier molecular flexibility index (Phi) is 3.31. The van der Waals surface area contributed by atoms with Crippen LogP contribution in [-0.2, 0) is 0 Å². The van der Waals surface area contributed by atoms with Crippen molar-refractivity contribution in [3.05, 3.63) is 42.6 Å². The quantitative estimate of drug-likeness (QED) is 0.834. The molecule has 2 aromatic rings. The second-order valence-corrected chi connectivity index (χ2v) is 4.94. The largest absolute Gasteiger partial charge is 0.397 e. The third-order valence-electron chi connectivity index (χ3n) is 3.52.